The Labute approximate surface area is 246 Å². The molecule has 42 heavy (non-hydrogen) atoms. The van der Waals surface area contributed by atoms with Crippen molar-refractivity contribution in [1.82, 2.24) is 19.8 Å². The summed E-state index contributed by atoms with van der Waals surface area (Å²) in [5, 5.41) is 2.22. The Morgan fingerprint density at radius 3 is 2.55 bits per heavy atom. The number of amides is 3. The lowest BCUT2D eigenvalue weighted by atomic mass is 9.92. The van der Waals surface area contributed by atoms with Gasteiger partial charge in [-0.2, -0.15) is 0 Å². The number of hydrogen-bond donors (Lipinski definition) is 1. The first-order chi connectivity index (χ1) is 20.0. The smallest absolute Gasteiger partial charge is 0.329 e. The molecular weight excluding hydrogens is 564 g/mol. The highest BCUT2D eigenvalue weighted by molar-refractivity contribution is 6.32. The molecule has 0 aliphatic carbocycles. The maximum atomic E-state index is 14.1. The molecule has 11 heteroatoms. The van der Waals surface area contributed by atoms with E-state index in [0.29, 0.717) is 24.7 Å². The third-order valence-electron chi connectivity index (χ3n) is 7.95. The standard InChI is InChI=1S/C31H28ClF2N5O3/c1-31(2)23-12-19(29-35-15-27(37(29)3)39-11-10-26(40)36-30(39)41)6-7-20(23)17-38(31)16-18-4-8-22(9-5-18)42-28-24(32)13-21(33)14-25(28)34/h4-9,12-15H,10-11,16-17H2,1-3H3,(H,36,40,41). The predicted molar refractivity (Wildman–Crippen MR) is 154 cm³/mol. The number of hydrogen-bond acceptors (Lipinski definition) is 5. The average molecular weight is 592 g/mol. The maximum absolute atomic E-state index is 14.1. The van der Waals surface area contributed by atoms with Gasteiger partial charge in [-0.1, -0.05) is 35.9 Å². The lowest BCUT2D eigenvalue weighted by Crippen LogP contribution is -2.50. The number of nitrogens with one attached hydrogen (secondary N) is 1. The Morgan fingerprint density at radius 2 is 1.83 bits per heavy atom. The molecular formula is C31H28ClF2N5O3. The van der Waals surface area contributed by atoms with Crippen LogP contribution >= 0.6 is 11.6 Å². The lowest BCUT2D eigenvalue weighted by Gasteiger charge is -2.32. The monoisotopic (exact) mass is 591 g/mol. The van der Waals surface area contributed by atoms with Gasteiger partial charge < -0.3 is 9.30 Å². The molecule has 0 bridgehead atoms. The van der Waals surface area contributed by atoms with Crippen LogP contribution in [-0.4, -0.2) is 32.9 Å². The van der Waals surface area contributed by atoms with E-state index in [4.69, 9.17) is 16.3 Å². The molecule has 1 fully saturated rings. The van der Waals surface area contributed by atoms with Gasteiger partial charge in [0.1, 0.15) is 23.2 Å². The molecule has 2 aliphatic rings. The number of anilines is 1. The van der Waals surface area contributed by atoms with Crippen LogP contribution in [0.3, 0.4) is 0 Å². The number of urea groups is 1. The number of rotatable bonds is 6. The number of halogens is 3. The number of carbonyl (C=O) groups excluding carboxylic acids is 2. The van der Waals surface area contributed by atoms with Crippen molar-refractivity contribution in [2.75, 3.05) is 11.4 Å². The van der Waals surface area contributed by atoms with Gasteiger partial charge in [-0.05, 0) is 54.8 Å². The Kier molecular flexibility index (Phi) is 6.98. The number of fused-ring (bicyclic) bond motifs is 1. The number of aromatic nitrogens is 2. The highest BCUT2D eigenvalue weighted by atomic mass is 35.5. The molecule has 3 heterocycles. The Balaban J connectivity index is 1.18. The van der Waals surface area contributed by atoms with Crippen LogP contribution in [0.2, 0.25) is 5.02 Å². The molecule has 2 aliphatic heterocycles. The molecule has 1 aromatic heterocycles. The van der Waals surface area contributed by atoms with E-state index < -0.39 is 17.7 Å². The number of imide groups is 1. The molecule has 0 radical (unpaired) electrons. The van der Waals surface area contributed by atoms with Crippen LogP contribution in [0.5, 0.6) is 11.5 Å². The molecule has 1 N–H and O–H groups in total. The minimum atomic E-state index is -0.865. The summed E-state index contributed by atoms with van der Waals surface area (Å²) >= 11 is 5.96. The van der Waals surface area contributed by atoms with Gasteiger partial charge in [0.25, 0.3) is 0 Å². The second kappa shape index (κ2) is 10.5. The summed E-state index contributed by atoms with van der Waals surface area (Å²) in [6, 6.07) is 14.9. The van der Waals surface area contributed by atoms with Crippen LogP contribution in [0.4, 0.5) is 19.4 Å². The number of benzene rings is 3. The summed E-state index contributed by atoms with van der Waals surface area (Å²) in [5.74, 6) is -0.395. The van der Waals surface area contributed by atoms with Crippen molar-refractivity contribution >= 4 is 29.4 Å². The van der Waals surface area contributed by atoms with Gasteiger partial charge in [0, 0.05) is 50.3 Å². The van der Waals surface area contributed by atoms with Gasteiger partial charge in [-0.25, -0.2) is 18.6 Å². The fraction of sp³-hybridized carbons (Fsp3) is 0.258. The van der Waals surface area contributed by atoms with Crippen molar-refractivity contribution in [3.05, 3.63) is 94.1 Å². The first-order valence-corrected chi connectivity index (χ1v) is 13.8. The van der Waals surface area contributed by atoms with Crippen LogP contribution in [0, 0.1) is 11.6 Å². The molecule has 8 nitrogen and oxygen atoms in total. The Hall–Kier alpha value is -4.28. The van der Waals surface area contributed by atoms with Gasteiger partial charge in [0.15, 0.2) is 11.6 Å². The third-order valence-corrected chi connectivity index (χ3v) is 8.23. The summed E-state index contributed by atoms with van der Waals surface area (Å²) in [4.78, 5) is 32.4. The quantitative estimate of drug-likeness (QED) is 0.277. The van der Waals surface area contributed by atoms with Gasteiger partial charge in [0.2, 0.25) is 5.91 Å². The molecule has 0 unspecified atom stereocenters. The number of carbonyl (C=O) groups is 2. The number of imidazole rings is 1. The van der Waals surface area contributed by atoms with Crippen molar-refractivity contribution in [3.63, 3.8) is 0 Å². The van der Waals surface area contributed by atoms with E-state index in [1.54, 1.807) is 18.3 Å². The zero-order valence-electron chi connectivity index (χ0n) is 23.2. The van der Waals surface area contributed by atoms with Gasteiger partial charge in [0.05, 0.1) is 11.2 Å². The van der Waals surface area contributed by atoms with E-state index in [0.717, 1.165) is 35.6 Å². The molecule has 0 spiro atoms. The van der Waals surface area contributed by atoms with E-state index in [9.17, 15) is 18.4 Å². The molecule has 6 rings (SSSR count). The summed E-state index contributed by atoms with van der Waals surface area (Å²) < 4.78 is 35.0. The zero-order chi connectivity index (χ0) is 29.8. The van der Waals surface area contributed by atoms with Crippen molar-refractivity contribution in [3.8, 4) is 22.9 Å². The zero-order valence-corrected chi connectivity index (χ0v) is 24.0. The van der Waals surface area contributed by atoms with Crippen molar-refractivity contribution < 1.29 is 23.1 Å². The third kappa shape index (κ3) is 5.01. The average Bonchev–Trinajstić information content (AvgIpc) is 3.43. The van der Waals surface area contributed by atoms with Crippen LogP contribution in [0.1, 0.15) is 37.0 Å². The van der Waals surface area contributed by atoms with E-state index >= 15 is 0 Å². The molecule has 4 aromatic rings. The van der Waals surface area contributed by atoms with Crippen LogP contribution < -0.4 is 15.0 Å². The summed E-state index contributed by atoms with van der Waals surface area (Å²) in [6.45, 7) is 6.08. The highest BCUT2D eigenvalue weighted by Gasteiger charge is 2.37. The minimum absolute atomic E-state index is 0.136. The normalized spacial score (nSPS) is 16.5. The summed E-state index contributed by atoms with van der Waals surface area (Å²) in [6.07, 6.45) is 1.90. The van der Waals surface area contributed by atoms with Crippen LogP contribution in [-0.2, 0) is 30.5 Å². The minimum Gasteiger partial charge on any atom is -0.453 e. The fourth-order valence-electron chi connectivity index (χ4n) is 5.58. The van der Waals surface area contributed by atoms with Crippen molar-refractivity contribution in [2.24, 2.45) is 7.05 Å². The van der Waals surface area contributed by atoms with E-state index in [2.05, 4.69) is 41.2 Å². The lowest BCUT2D eigenvalue weighted by molar-refractivity contribution is -0.120. The first kappa shape index (κ1) is 27.9. The highest BCUT2D eigenvalue weighted by Crippen LogP contribution is 2.42. The van der Waals surface area contributed by atoms with Crippen LogP contribution in [0.15, 0.2) is 60.8 Å². The largest absolute Gasteiger partial charge is 0.453 e. The summed E-state index contributed by atoms with van der Waals surface area (Å²) in [7, 11) is 1.86. The Bertz CT molecular complexity index is 1700. The molecule has 216 valence electrons. The second-order valence-electron chi connectivity index (χ2n) is 11.0. The van der Waals surface area contributed by atoms with E-state index in [1.165, 1.54) is 16.0 Å². The fourth-order valence-corrected chi connectivity index (χ4v) is 5.81. The number of ether oxygens (including phenoxy) is 1. The van der Waals surface area contributed by atoms with Crippen LogP contribution in [0.25, 0.3) is 11.4 Å². The molecule has 3 amide bonds. The van der Waals surface area contributed by atoms with Gasteiger partial charge >= 0.3 is 6.03 Å². The molecule has 0 atom stereocenters. The van der Waals surface area contributed by atoms with Gasteiger partial charge in [-0.3, -0.25) is 19.9 Å². The molecule has 0 saturated carbocycles. The second-order valence-corrected chi connectivity index (χ2v) is 11.4. The van der Waals surface area contributed by atoms with Gasteiger partial charge in [-0.15, -0.1) is 0 Å². The topological polar surface area (TPSA) is 79.7 Å². The number of nitrogens with zero attached hydrogens (tertiary/aromatic N) is 4. The van der Waals surface area contributed by atoms with Crippen molar-refractivity contribution in [2.45, 2.75) is 38.9 Å². The van der Waals surface area contributed by atoms with Crippen molar-refractivity contribution in [1.29, 1.82) is 0 Å². The molecule has 1 saturated heterocycles. The Morgan fingerprint density at radius 1 is 1.07 bits per heavy atom. The van der Waals surface area contributed by atoms with E-state index in [-0.39, 0.29) is 28.6 Å². The van der Waals surface area contributed by atoms with E-state index in [1.807, 2.05) is 29.8 Å². The SMILES string of the molecule is Cn1c(N2CCC(=O)NC2=O)cnc1-c1ccc2c(c1)C(C)(C)N(Cc1ccc(Oc3c(F)cc(F)cc3Cl)cc1)C2. The first-order valence-electron chi connectivity index (χ1n) is 13.4. The molecule has 3 aromatic carbocycles. The predicted octanol–water partition coefficient (Wildman–Crippen LogP) is 6.51. The summed E-state index contributed by atoms with van der Waals surface area (Å²) in [5.41, 5.74) is 4.09. The maximum Gasteiger partial charge on any atom is 0.329 e.